The zero-order chi connectivity index (χ0) is 20.2. The van der Waals surface area contributed by atoms with Gasteiger partial charge in [0.1, 0.15) is 0 Å². The van der Waals surface area contributed by atoms with E-state index in [2.05, 4.69) is 5.43 Å². The Hall–Kier alpha value is -2.74. The van der Waals surface area contributed by atoms with Gasteiger partial charge in [-0.1, -0.05) is 78.5 Å². The summed E-state index contributed by atoms with van der Waals surface area (Å²) in [4.78, 5) is 27.5. The minimum absolute atomic E-state index is 0.309. The highest BCUT2D eigenvalue weighted by molar-refractivity contribution is 8.26. The molecular weight excluding hydrogens is 420 g/mol. The monoisotopic (exact) mass is 436 g/mol. The number of amides is 2. The molecule has 3 aromatic rings. The quantitative estimate of drug-likeness (QED) is 0.461. The van der Waals surface area contributed by atoms with Crippen molar-refractivity contribution in [1.29, 1.82) is 0 Å². The molecule has 0 atom stereocenters. The summed E-state index contributed by atoms with van der Waals surface area (Å²) in [6, 6.07) is 22.8. The molecule has 1 aliphatic rings. The van der Waals surface area contributed by atoms with Crippen LogP contribution in [0.3, 0.4) is 0 Å². The number of hydrazine groups is 1. The largest absolute Gasteiger partial charge is 0.285 e. The number of thiophene rings is 1. The van der Waals surface area contributed by atoms with Crippen LogP contribution in [-0.2, 0) is 9.59 Å². The van der Waals surface area contributed by atoms with Gasteiger partial charge in [-0.15, -0.1) is 11.3 Å². The molecule has 1 aliphatic heterocycles. The fourth-order valence-corrected chi connectivity index (χ4v) is 4.93. The molecule has 1 N–H and O–H groups in total. The van der Waals surface area contributed by atoms with E-state index in [0.717, 1.165) is 16.0 Å². The van der Waals surface area contributed by atoms with Crippen molar-refractivity contribution in [3.63, 3.8) is 0 Å². The maximum atomic E-state index is 13.2. The van der Waals surface area contributed by atoms with Crippen molar-refractivity contribution < 1.29 is 9.59 Å². The summed E-state index contributed by atoms with van der Waals surface area (Å²) in [5.41, 5.74) is 4.42. The van der Waals surface area contributed by atoms with Crippen LogP contribution in [0.25, 0.3) is 6.08 Å². The minimum atomic E-state index is -0.552. The van der Waals surface area contributed by atoms with Gasteiger partial charge in [0.25, 0.3) is 11.8 Å². The molecule has 2 amide bonds. The SMILES string of the molecule is O=C(NN1C(=O)C(=Cc2cccs2)SC1=S)C(c1ccccc1)c1ccccc1. The maximum absolute atomic E-state index is 13.2. The molecule has 0 radical (unpaired) electrons. The van der Waals surface area contributed by atoms with E-state index in [0.29, 0.717) is 9.23 Å². The number of thiocarbonyl (C=S) groups is 1. The lowest BCUT2D eigenvalue weighted by Gasteiger charge is -2.22. The summed E-state index contributed by atoms with van der Waals surface area (Å²) >= 11 is 8.07. The first kappa shape index (κ1) is 19.6. The van der Waals surface area contributed by atoms with Crippen molar-refractivity contribution in [2.75, 3.05) is 0 Å². The van der Waals surface area contributed by atoms with Crippen molar-refractivity contribution in [3.8, 4) is 0 Å². The number of carbonyl (C=O) groups excluding carboxylic acids is 2. The summed E-state index contributed by atoms with van der Waals surface area (Å²) in [6.45, 7) is 0. The lowest BCUT2D eigenvalue weighted by Crippen LogP contribution is -2.46. The molecule has 1 aromatic heterocycles. The maximum Gasteiger partial charge on any atom is 0.285 e. The number of nitrogens with one attached hydrogen (secondary N) is 1. The Morgan fingerprint density at radius 2 is 1.59 bits per heavy atom. The number of hydrogen-bond acceptors (Lipinski definition) is 5. The van der Waals surface area contributed by atoms with Crippen LogP contribution in [0.2, 0.25) is 0 Å². The van der Waals surface area contributed by atoms with Crippen molar-refractivity contribution in [1.82, 2.24) is 10.4 Å². The van der Waals surface area contributed by atoms with E-state index in [1.807, 2.05) is 78.2 Å². The normalized spacial score (nSPS) is 15.3. The lowest BCUT2D eigenvalue weighted by molar-refractivity contribution is -0.133. The number of nitrogens with zero attached hydrogens (tertiary/aromatic N) is 1. The fraction of sp³-hybridized carbons (Fsp3) is 0.0455. The molecule has 144 valence electrons. The van der Waals surface area contributed by atoms with Gasteiger partial charge in [-0.2, -0.15) is 5.01 Å². The topological polar surface area (TPSA) is 49.4 Å². The van der Waals surface area contributed by atoms with Crippen molar-refractivity contribution in [2.24, 2.45) is 0 Å². The second kappa shape index (κ2) is 8.73. The van der Waals surface area contributed by atoms with Crippen molar-refractivity contribution in [3.05, 3.63) is 99.1 Å². The van der Waals surface area contributed by atoms with E-state index < -0.39 is 5.92 Å². The standard InChI is InChI=1S/C22H16N2O2S3/c25-20(19(15-8-3-1-4-9-15)16-10-5-2-6-11-16)23-24-21(26)18(29-22(24)27)14-17-12-7-13-28-17/h1-14,19H,(H,23,25). The number of benzene rings is 2. The highest BCUT2D eigenvalue weighted by Gasteiger charge is 2.35. The van der Waals surface area contributed by atoms with Crippen LogP contribution in [0.1, 0.15) is 21.9 Å². The number of thioether (sulfide) groups is 1. The molecule has 29 heavy (non-hydrogen) atoms. The molecule has 0 spiro atoms. The molecule has 0 unspecified atom stereocenters. The highest BCUT2D eigenvalue weighted by atomic mass is 32.2. The Balaban J connectivity index is 1.59. The molecule has 0 saturated carbocycles. The van der Waals surface area contributed by atoms with Crippen LogP contribution in [-0.4, -0.2) is 21.1 Å². The zero-order valence-corrected chi connectivity index (χ0v) is 17.6. The van der Waals surface area contributed by atoms with E-state index in [4.69, 9.17) is 12.2 Å². The number of carbonyl (C=O) groups is 2. The van der Waals surface area contributed by atoms with Gasteiger partial charge in [0.2, 0.25) is 0 Å². The third-order valence-corrected chi connectivity index (χ3v) is 6.48. The van der Waals surface area contributed by atoms with E-state index >= 15 is 0 Å². The fourth-order valence-electron chi connectivity index (χ4n) is 3.03. The first-order chi connectivity index (χ1) is 14.1. The van der Waals surface area contributed by atoms with Crippen LogP contribution in [0.15, 0.2) is 83.1 Å². The summed E-state index contributed by atoms with van der Waals surface area (Å²) in [5, 5.41) is 3.11. The Kier molecular flexibility index (Phi) is 5.89. The summed E-state index contributed by atoms with van der Waals surface area (Å²) in [6.07, 6.45) is 1.79. The predicted molar refractivity (Wildman–Crippen MR) is 122 cm³/mol. The first-order valence-electron chi connectivity index (χ1n) is 8.85. The zero-order valence-electron chi connectivity index (χ0n) is 15.1. The summed E-state index contributed by atoms with van der Waals surface area (Å²) in [7, 11) is 0. The van der Waals surface area contributed by atoms with E-state index in [1.54, 1.807) is 6.08 Å². The second-order valence-electron chi connectivity index (χ2n) is 6.26. The van der Waals surface area contributed by atoms with Crippen LogP contribution >= 0.6 is 35.3 Å². The van der Waals surface area contributed by atoms with E-state index in [9.17, 15) is 9.59 Å². The van der Waals surface area contributed by atoms with Gasteiger partial charge >= 0.3 is 0 Å². The molecule has 1 fully saturated rings. The van der Waals surface area contributed by atoms with Gasteiger partial charge in [0, 0.05) is 4.88 Å². The van der Waals surface area contributed by atoms with E-state index in [1.165, 1.54) is 28.1 Å². The average Bonchev–Trinajstić information content (AvgIpc) is 3.34. The third kappa shape index (κ3) is 4.32. The average molecular weight is 437 g/mol. The van der Waals surface area contributed by atoms with Gasteiger partial charge in [-0.3, -0.25) is 15.0 Å². The smallest absolute Gasteiger partial charge is 0.272 e. The van der Waals surface area contributed by atoms with Crippen molar-refractivity contribution in [2.45, 2.75) is 5.92 Å². The Bertz CT molecular complexity index is 1020. The van der Waals surface area contributed by atoms with Crippen LogP contribution in [0.4, 0.5) is 0 Å². The molecule has 0 aliphatic carbocycles. The van der Waals surface area contributed by atoms with Gasteiger partial charge in [0.05, 0.1) is 10.8 Å². The van der Waals surface area contributed by atoms with Crippen LogP contribution in [0.5, 0.6) is 0 Å². The minimum Gasteiger partial charge on any atom is -0.272 e. The highest BCUT2D eigenvalue weighted by Crippen LogP contribution is 2.33. The Morgan fingerprint density at radius 1 is 0.966 bits per heavy atom. The molecule has 0 bridgehead atoms. The van der Waals surface area contributed by atoms with Crippen LogP contribution in [0, 0.1) is 0 Å². The number of rotatable bonds is 5. The van der Waals surface area contributed by atoms with Crippen LogP contribution < -0.4 is 5.43 Å². The molecule has 1 saturated heterocycles. The first-order valence-corrected chi connectivity index (χ1v) is 11.0. The second-order valence-corrected chi connectivity index (χ2v) is 8.92. The molecule has 4 rings (SSSR count). The molecule has 2 aromatic carbocycles. The molecule has 4 nitrogen and oxygen atoms in total. The molecular formula is C22H16N2O2S3. The summed E-state index contributed by atoms with van der Waals surface area (Å²) < 4.78 is 0.311. The predicted octanol–water partition coefficient (Wildman–Crippen LogP) is 4.81. The van der Waals surface area contributed by atoms with Gasteiger partial charge in [-0.05, 0) is 40.9 Å². The van der Waals surface area contributed by atoms with Gasteiger partial charge in [-0.25, -0.2) is 0 Å². The van der Waals surface area contributed by atoms with Gasteiger partial charge in [0.15, 0.2) is 4.32 Å². The third-order valence-electron chi connectivity index (χ3n) is 4.36. The summed E-state index contributed by atoms with van der Waals surface area (Å²) in [5.74, 6) is -1.18. The van der Waals surface area contributed by atoms with Crippen molar-refractivity contribution >= 4 is 57.5 Å². The van der Waals surface area contributed by atoms with E-state index in [-0.39, 0.29) is 11.8 Å². The van der Waals surface area contributed by atoms with Gasteiger partial charge < -0.3 is 0 Å². The Labute approximate surface area is 182 Å². The number of hydrogen-bond donors (Lipinski definition) is 1. The molecule has 7 heteroatoms. The Morgan fingerprint density at radius 3 is 2.14 bits per heavy atom. The lowest BCUT2D eigenvalue weighted by atomic mass is 9.91. The molecule has 2 heterocycles.